The Kier molecular flexibility index (Phi) is 4.77. The largest absolute Gasteiger partial charge is 0.316 e. The summed E-state index contributed by atoms with van der Waals surface area (Å²) < 4.78 is 0. The molecule has 0 radical (unpaired) electrons. The highest BCUT2D eigenvalue weighted by Crippen LogP contribution is 2.07. The molecule has 82 valence electrons. The van der Waals surface area contributed by atoms with E-state index in [1.165, 1.54) is 0 Å². The molecule has 0 saturated carbocycles. The molecule has 1 aromatic heterocycles. The first-order valence-corrected chi connectivity index (χ1v) is 5.14. The summed E-state index contributed by atoms with van der Waals surface area (Å²) in [6.07, 6.45) is 2.18. The van der Waals surface area contributed by atoms with Crippen molar-refractivity contribution < 1.29 is 4.79 Å². The van der Waals surface area contributed by atoms with Gasteiger partial charge in [0.1, 0.15) is 5.82 Å². The number of pyridine rings is 1. The summed E-state index contributed by atoms with van der Waals surface area (Å²) in [5.74, 6) is 0.772. The normalized spacial score (nSPS) is 10.0. The van der Waals surface area contributed by atoms with Gasteiger partial charge in [0.15, 0.2) is 0 Å². The van der Waals surface area contributed by atoms with Gasteiger partial charge in [0.25, 0.3) is 0 Å². The third-order valence-electron chi connectivity index (χ3n) is 2.13. The summed E-state index contributed by atoms with van der Waals surface area (Å²) in [6.45, 7) is 3.63. The SMILES string of the molecule is CCNCCC(=O)N(C)c1ccccn1. The molecule has 1 N–H and O–H groups in total. The number of nitrogens with one attached hydrogen (secondary N) is 1. The van der Waals surface area contributed by atoms with Gasteiger partial charge in [-0.25, -0.2) is 4.98 Å². The van der Waals surface area contributed by atoms with Crippen LogP contribution in [0.5, 0.6) is 0 Å². The van der Waals surface area contributed by atoms with Crippen LogP contribution in [0.1, 0.15) is 13.3 Å². The Morgan fingerprint density at radius 3 is 2.93 bits per heavy atom. The van der Waals surface area contributed by atoms with Gasteiger partial charge in [-0.3, -0.25) is 9.69 Å². The number of carbonyl (C=O) groups excluding carboxylic acids is 1. The first-order valence-electron chi connectivity index (χ1n) is 5.14. The van der Waals surface area contributed by atoms with Crippen LogP contribution in [0.15, 0.2) is 24.4 Å². The van der Waals surface area contributed by atoms with E-state index in [9.17, 15) is 4.79 Å². The number of amides is 1. The van der Waals surface area contributed by atoms with Crippen molar-refractivity contribution in [2.24, 2.45) is 0 Å². The minimum Gasteiger partial charge on any atom is -0.316 e. The highest BCUT2D eigenvalue weighted by molar-refractivity contribution is 5.91. The van der Waals surface area contributed by atoms with Crippen molar-refractivity contribution in [1.82, 2.24) is 10.3 Å². The number of hydrogen-bond donors (Lipinski definition) is 1. The summed E-state index contributed by atoms with van der Waals surface area (Å²) in [5, 5.41) is 3.12. The lowest BCUT2D eigenvalue weighted by molar-refractivity contribution is -0.118. The fourth-order valence-electron chi connectivity index (χ4n) is 1.22. The highest BCUT2D eigenvalue weighted by Gasteiger charge is 2.10. The Hall–Kier alpha value is -1.42. The van der Waals surface area contributed by atoms with Crippen LogP contribution in [-0.2, 0) is 4.79 Å². The Balaban J connectivity index is 2.46. The van der Waals surface area contributed by atoms with Crippen molar-refractivity contribution in [3.8, 4) is 0 Å². The van der Waals surface area contributed by atoms with Crippen LogP contribution in [-0.4, -0.2) is 31.0 Å². The summed E-state index contributed by atoms with van der Waals surface area (Å²) in [4.78, 5) is 17.4. The van der Waals surface area contributed by atoms with E-state index < -0.39 is 0 Å². The van der Waals surface area contributed by atoms with Crippen molar-refractivity contribution in [2.75, 3.05) is 25.0 Å². The second-order valence-corrected chi connectivity index (χ2v) is 3.24. The van der Waals surface area contributed by atoms with Crippen LogP contribution in [0.3, 0.4) is 0 Å². The van der Waals surface area contributed by atoms with Crippen LogP contribution in [0.4, 0.5) is 5.82 Å². The van der Waals surface area contributed by atoms with Gasteiger partial charge in [-0.2, -0.15) is 0 Å². The van der Waals surface area contributed by atoms with E-state index in [-0.39, 0.29) is 5.91 Å². The maximum absolute atomic E-state index is 11.7. The molecular weight excluding hydrogens is 190 g/mol. The molecule has 0 bridgehead atoms. The molecule has 4 nitrogen and oxygen atoms in total. The van der Waals surface area contributed by atoms with E-state index in [0.717, 1.165) is 6.54 Å². The summed E-state index contributed by atoms with van der Waals surface area (Å²) in [7, 11) is 1.75. The third kappa shape index (κ3) is 3.67. The molecule has 1 rings (SSSR count). The predicted molar refractivity (Wildman–Crippen MR) is 60.8 cm³/mol. The lowest BCUT2D eigenvalue weighted by Gasteiger charge is -2.15. The van der Waals surface area contributed by atoms with E-state index in [1.807, 2.05) is 25.1 Å². The molecule has 0 atom stereocenters. The molecule has 0 aliphatic rings. The van der Waals surface area contributed by atoms with E-state index in [1.54, 1.807) is 18.1 Å². The van der Waals surface area contributed by atoms with Crippen molar-refractivity contribution in [3.63, 3.8) is 0 Å². The van der Waals surface area contributed by atoms with E-state index in [2.05, 4.69) is 10.3 Å². The van der Waals surface area contributed by atoms with Gasteiger partial charge in [0, 0.05) is 26.2 Å². The maximum atomic E-state index is 11.7. The van der Waals surface area contributed by atoms with Crippen LogP contribution in [0.2, 0.25) is 0 Å². The zero-order valence-corrected chi connectivity index (χ0v) is 9.23. The van der Waals surface area contributed by atoms with Crippen molar-refractivity contribution in [3.05, 3.63) is 24.4 Å². The molecule has 0 aliphatic carbocycles. The third-order valence-corrected chi connectivity index (χ3v) is 2.13. The molecule has 0 spiro atoms. The number of carbonyl (C=O) groups is 1. The first-order chi connectivity index (χ1) is 7.25. The van der Waals surface area contributed by atoms with Crippen LogP contribution in [0.25, 0.3) is 0 Å². The van der Waals surface area contributed by atoms with Gasteiger partial charge >= 0.3 is 0 Å². The van der Waals surface area contributed by atoms with Gasteiger partial charge in [-0.05, 0) is 18.7 Å². The van der Waals surface area contributed by atoms with Crippen LogP contribution < -0.4 is 10.2 Å². The molecular formula is C11H17N3O. The molecule has 4 heteroatoms. The lowest BCUT2D eigenvalue weighted by atomic mass is 10.3. The second kappa shape index (κ2) is 6.14. The topological polar surface area (TPSA) is 45.2 Å². The van der Waals surface area contributed by atoms with E-state index in [4.69, 9.17) is 0 Å². The smallest absolute Gasteiger partial charge is 0.229 e. The highest BCUT2D eigenvalue weighted by atomic mass is 16.2. The Bertz CT molecular complexity index is 300. The van der Waals surface area contributed by atoms with Gasteiger partial charge in [-0.15, -0.1) is 0 Å². The molecule has 15 heavy (non-hydrogen) atoms. The molecule has 1 heterocycles. The van der Waals surface area contributed by atoms with Crippen molar-refractivity contribution >= 4 is 11.7 Å². The number of rotatable bonds is 5. The van der Waals surface area contributed by atoms with Gasteiger partial charge in [0.2, 0.25) is 5.91 Å². The lowest BCUT2D eigenvalue weighted by Crippen LogP contribution is -2.30. The number of hydrogen-bond acceptors (Lipinski definition) is 3. The molecule has 0 fully saturated rings. The fourth-order valence-corrected chi connectivity index (χ4v) is 1.22. The van der Waals surface area contributed by atoms with Crippen molar-refractivity contribution in [2.45, 2.75) is 13.3 Å². The summed E-state index contributed by atoms with van der Waals surface area (Å²) >= 11 is 0. The average Bonchev–Trinajstić information content (AvgIpc) is 2.29. The summed E-state index contributed by atoms with van der Waals surface area (Å²) in [5.41, 5.74) is 0. The zero-order chi connectivity index (χ0) is 11.1. The minimum atomic E-state index is 0.0784. The van der Waals surface area contributed by atoms with Crippen molar-refractivity contribution in [1.29, 1.82) is 0 Å². The Morgan fingerprint density at radius 2 is 2.33 bits per heavy atom. The second-order valence-electron chi connectivity index (χ2n) is 3.24. The number of aromatic nitrogens is 1. The molecule has 0 aliphatic heterocycles. The Labute approximate surface area is 90.3 Å². The van der Waals surface area contributed by atoms with Gasteiger partial charge < -0.3 is 5.32 Å². The average molecular weight is 207 g/mol. The molecule has 1 aromatic rings. The van der Waals surface area contributed by atoms with E-state index >= 15 is 0 Å². The first kappa shape index (κ1) is 11.7. The predicted octanol–water partition coefficient (Wildman–Crippen LogP) is 1.04. The maximum Gasteiger partial charge on any atom is 0.229 e. The zero-order valence-electron chi connectivity index (χ0n) is 9.23. The van der Waals surface area contributed by atoms with Gasteiger partial charge in [-0.1, -0.05) is 13.0 Å². The summed E-state index contributed by atoms with van der Waals surface area (Å²) in [6, 6.07) is 5.53. The minimum absolute atomic E-state index is 0.0784. The van der Waals surface area contributed by atoms with E-state index in [0.29, 0.717) is 18.8 Å². The van der Waals surface area contributed by atoms with Gasteiger partial charge in [0.05, 0.1) is 0 Å². The quantitative estimate of drug-likeness (QED) is 0.734. The molecule has 0 saturated heterocycles. The molecule has 1 amide bonds. The molecule has 0 aromatic carbocycles. The Morgan fingerprint density at radius 1 is 1.53 bits per heavy atom. The monoisotopic (exact) mass is 207 g/mol. The fraction of sp³-hybridized carbons (Fsp3) is 0.455. The van der Waals surface area contributed by atoms with Crippen LogP contribution >= 0.6 is 0 Å². The number of anilines is 1. The standard InChI is InChI=1S/C11H17N3O/c1-3-12-9-7-11(15)14(2)10-6-4-5-8-13-10/h4-6,8,12H,3,7,9H2,1-2H3. The van der Waals surface area contributed by atoms with Crippen LogP contribution in [0, 0.1) is 0 Å². The molecule has 0 unspecified atom stereocenters. The number of nitrogens with zero attached hydrogens (tertiary/aromatic N) is 2.